The van der Waals surface area contributed by atoms with Crippen molar-refractivity contribution in [2.24, 2.45) is 0 Å². The average Bonchev–Trinajstić information content (AvgIpc) is 2.56. The van der Waals surface area contributed by atoms with E-state index in [0.717, 1.165) is 10.2 Å². The van der Waals surface area contributed by atoms with Crippen LogP contribution in [0.5, 0.6) is 0 Å². The minimum atomic E-state index is -0.339. The standard InChI is InChI=1S/C16H13ClN4O2/c17-12-5-3-4-11(8-12)9-18-15(22)10-21-16(23)13-6-1-2-7-14(13)19-20-21/h1-8H,9-10H2,(H,18,22). The van der Waals surface area contributed by atoms with E-state index in [2.05, 4.69) is 15.6 Å². The van der Waals surface area contributed by atoms with E-state index in [1.807, 2.05) is 12.1 Å². The summed E-state index contributed by atoms with van der Waals surface area (Å²) >= 11 is 5.89. The summed E-state index contributed by atoms with van der Waals surface area (Å²) in [6, 6.07) is 14.1. The van der Waals surface area contributed by atoms with Gasteiger partial charge in [0.1, 0.15) is 12.1 Å². The van der Waals surface area contributed by atoms with Crippen LogP contribution in [-0.2, 0) is 17.9 Å². The molecule has 0 aliphatic carbocycles. The molecule has 0 saturated heterocycles. The van der Waals surface area contributed by atoms with Gasteiger partial charge in [0.25, 0.3) is 5.56 Å². The average molecular weight is 329 g/mol. The van der Waals surface area contributed by atoms with Crippen molar-refractivity contribution in [1.82, 2.24) is 20.3 Å². The number of amides is 1. The van der Waals surface area contributed by atoms with Crippen LogP contribution in [0, 0.1) is 0 Å². The van der Waals surface area contributed by atoms with Crippen molar-refractivity contribution < 1.29 is 4.79 Å². The van der Waals surface area contributed by atoms with Gasteiger partial charge in [0.2, 0.25) is 5.91 Å². The molecule has 1 N–H and O–H groups in total. The Morgan fingerprint density at radius 1 is 1.17 bits per heavy atom. The van der Waals surface area contributed by atoms with Crippen LogP contribution in [0.25, 0.3) is 10.9 Å². The van der Waals surface area contributed by atoms with Crippen LogP contribution in [0.2, 0.25) is 5.02 Å². The SMILES string of the molecule is O=C(Cn1nnc2ccccc2c1=O)NCc1cccc(Cl)c1. The zero-order valence-corrected chi connectivity index (χ0v) is 12.8. The Labute approximate surface area is 136 Å². The van der Waals surface area contributed by atoms with Gasteiger partial charge in [-0.3, -0.25) is 9.59 Å². The molecule has 0 saturated carbocycles. The molecule has 0 bridgehead atoms. The van der Waals surface area contributed by atoms with Crippen molar-refractivity contribution in [3.8, 4) is 0 Å². The third kappa shape index (κ3) is 3.54. The quantitative estimate of drug-likeness (QED) is 0.791. The fourth-order valence-electron chi connectivity index (χ4n) is 2.17. The molecular formula is C16H13ClN4O2. The van der Waals surface area contributed by atoms with Crippen LogP contribution in [0.1, 0.15) is 5.56 Å². The number of hydrogen-bond acceptors (Lipinski definition) is 4. The Bertz CT molecular complexity index is 923. The van der Waals surface area contributed by atoms with Crippen LogP contribution in [0.4, 0.5) is 0 Å². The Kier molecular flexibility index (Phi) is 4.34. The third-order valence-corrected chi connectivity index (χ3v) is 3.54. The maximum atomic E-state index is 12.2. The van der Waals surface area contributed by atoms with Crippen molar-refractivity contribution in [2.45, 2.75) is 13.1 Å². The van der Waals surface area contributed by atoms with Gasteiger partial charge in [-0.2, -0.15) is 0 Å². The predicted molar refractivity (Wildman–Crippen MR) is 87.1 cm³/mol. The lowest BCUT2D eigenvalue weighted by molar-refractivity contribution is -0.122. The van der Waals surface area contributed by atoms with Crippen LogP contribution < -0.4 is 10.9 Å². The smallest absolute Gasteiger partial charge is 0.278 e. The molecule has 0 aliphatic heterocycles. The lowest BCUT2D eigenvalue weighted by atomic mass is 10.2. The molecule has 2 aromatic carbocycles. The normalized spacial score (nSPS) is 10.7. The molecule has 0 atom stereocenters. The first-order valence-corrected chi connectivity index (χ1v) is 7.35. The third-order valence-electron chi connectivity index (χ3n) is 3.30. The molecule has 0 fully saturated rings. The number of nitrogens with one attached hydrogen (secondary N) is 1. The molecule has 0 spiro atoms. The van der Waals surface area contributed by atoms with Crippen LogP contribution >= 0.6 is 11.6 Å². The Balaban J connectivity index is 1.71. The maximum Gasteiger partial charge on any atom is 0.278 e. The number of nitrogens with zero attached hydrogens (tertiary/aromatic N) is 3. The fourth-order valence-corrected chi connectivity index (χ4v) is 2.38. The molecule has 0 aliphatic rings. The summed E-state index contributed by atoms with van der Waals surface area (Å²) in [5.41, 5.74) is 1.05. The lowest BCUT2D eigenvalue weighted by Gasteiger charge is -2.07. The van der Waals surface area contributed by atoms with Gasteiger partial charge in [-0.25, -0.2) is 4.68 Å². The summed E-state index contributed by atoms with van der Waals surface area (Å²) in [4.78, 5) is 24.2. The summed E-state index contributed by atoms with van der Waals surface area (Å²) in [6.45, 7) is 0.145. The number of fused-ring (bicyclic) bond motifs is 1. The summed E-state index contributed by atoms with van der Waals surface area (Å²) in [5.74, 6) is -0.323. The minimum absolute atomic E-state index is 0.183. The second kappa shape index (κ2) is 6.58. The van der Waals surface area contributed by atoms with Gasteiger partial charge >= 0.3 is 0 Å². The number of hydrogen-bond donors (Lipinski definition) is 1. The van der Waals surface area contributed by atoms with E-state index < -0.39 is 0 Å². The molecular weight excluding hydrogens is 316 g/mol. The van der Waals surface area contributed by atoms with E-state index in [4.69, 9.17) is 11.6 Å². The van der Waals surface area contributed by atoms with Gasteiger partial charge in [-0.1, -0.05) is 41.1 Å². The molecule has 1 aromatic heterocycles. The van der Waals surface area contributed by atoms with Crippen LogP contribution in [0.15, 0.2) is 53.3 Å². The predicted octanol–water partition coefficient (Wildman–Crippen LogP) is 1.76. The number of benzene rings is 2. The lowest BCUT2D eigenvalue weighted by Crippen LogP contribution is -2.34. The van der Waals surface area contributed by atoms with Crippen LogP contribution in [0.3, 0.4) is 0 Å². The molecule has 23 heavy (non-hydrogen) atoms. The van der Waals surface area contributed by atoms with Crippen molar-refractivity contribution in [3.05, 3.63) is 69.5 Å². The highest BCUT2D eigenvalue weighted by atomic mass is 35.5. The molecule has 1 amide bonds. The number of carbonyl (C=O) groups excluding carboxylic acids is 1. The summed E-state index contributed by atoms with van der Waals surface area (Å²) in [6.07, 6.45) is 0. The van der Waals surface area contributed by atoms with Gasteiger partial charge in [0, 0.05) is 11.6 Å². The highest BCUT2D eigenvalue weighted by Crippen LogP contribution is 2.10. The van der Waals surface area contributed by atoms with Gasteiger partial charge in [-0.15, -0.1) is 5.10 Å². The second-order valence-corrected chi connectivity index (χ2v) is 5.41. The van der Waals surface area contributed by atoms with Gasteiger partial charge < -0.3 is 5.32 Å². The second-order valence-electron chi connectivity index (χ2n) is 4.98. The largest absolute Gasteiger partial charge is 0.350 e. The fraction of sp³-hybridized carbons (Fsp3) is 0.125. The molecule has 3 aromatic rings. The van der Waals surface area contributed by atoms with Gasteiger partial charge in [-0.05, 0) is 29.8 Å². The number of aromatic nitrogens is 3. The first-order valence-electron chi connectivity index (χ1n) is 6.97. The van der Waals surface area contributed by atoms with Crippen molar-refractivity contribution in [1.29, 1.82) is 0 Å². The van der Waals surface area contributed by atoms with Gasteiger partial charge in [0.15, 0.2) is 0 Å². The molecule has 0 radical (unpaired) electrons. The van der Waals surface area contributed by atoms with E-state index in [1.165, 1.54) is 0 Å². The van der Waals surface area contributed by atoms with E-state index in [0.29, 0.717) is 22.5 Å². The molecule has 0 unspecified atom stereocenters. The first-order chi connectivity index (χ1) is 11.1. The highest BCUT2D eigenvalue weighted by molar-refractivity contribution is 6.30. The Hall–Kier alpha value is -2.73. The monoisotopic (exact) mass is 328 g/mol. The van der Waals surface area contributed by atoms with E-state index in [1.54, 1.807) is 36.4 Å². The highest BCUT2D eigenvalue weighted by Gasteiger charge is 2.09. The van der Waals surface area contributed by atoms with E-state index in [-0.39, 0.29) is 18.0 Å². The molecule has 3 rings (SSSR count). The number of carbonyl (C=O) groups is 1. The Morgan fingerprint density at radius 3 is 2.83 bits per heavy atom. The zero-order valence-electron chi connectivity index (χ0n) is 12.1. The number of rotatable bonds is 4. The molecule has 116 valence electrons. The van der Waals surface area contributed by atoms with Crippen molar-refractivity contribution in [2.75, 3.05) is 0 Å². The van der Waals surface area contributed by atoms with Crippen LogP contribution in [-0.4, -0.2) is 20.9 Å². The van der Waals surface area contributed by atoms with Gasteiger partial charge in [0.05, 0.1) is 5.39 Å². The summed E-state index contributed by atoms with van der Waals surface area (Å²) < 4.78 is 1.05. The van der Waals surface area contributed by atoms with E-state index in [9.17, 15) is 9.59 Å². The Morgan fingerprint density at radius 2 is 2.00 bits per heavy atom. The summed E-state index contributed by atoms with van der Waals surface area (Å²) in [5, 5.41) is 11.5. The molecule has 7 heteroatoms. The topological polar surface area (TPSA) is 76.9 Å². The van der Waals surface area contributed by atoms with Crippen molar-refractivity contribution in [3.63, 3.8) is 0 Å². The number of halogens is 1. The molecule has 1 heterocycles. The zero-order chi connectivity index (χ0) is 16.2. The van der Waals surface area contributed by atoms with E-state index >= 15 is 0 Å². The first kappa shape index (κ1) is 15.2. The maximum absolute atomic E-state index is 12.2. The minimum Gasteiger partial charge on any atom is -0.350 e. The summed E-state index contributed by atoms with van der Waals surface area (Å²) in [7, 11) is 0. The molecule has 6 nitrogen and oxygen atoms in total. The van der Waals surface area contributed by atoms with Crippen molar-refractivity contribution >= 4 is 28.4 Å².